The highest BCUT2D eigenvalue weighted by atomic mass is 79.9. The van der Waals surface area contributed by atoms with Crippen LogP contribution in [0.2, 0.25) is 0 Å². The highest BCUT2D eigenvalue weighted by molar-refractivity contribution is 9.10. The fraction of sp³-hybridized carbons (Fsp3) is 0.143. The maximum absolute atomic E-state index is 12.9. The number of H-pyrrole nitrogens is 1. The van der Waals surface area contributed by atoms with E-state index in [0.717, 1.165) is 27.6 Å². The Hall–Kier alpha value is -1.53. The maximum atomic E-state index is 12.9. The predicted octanol–water partition coefficient (Wildman–Crippen LogP) is 4.24. The SMILES string of the molecule is Fc1ccc(CCn2c(=S)[nH]c3cc(Br)cnc32)cc1. The molecule has 2 heterocycles. The van der Waals surface area contributed by atoms with E-state index < -0.39 is 0 Å². The minimum atomic E-state index is -0.219. The molecule has 0 saturated heterocycles. The average Bonchev–Trinajstić information content (AvgIpc) is 2.73. The van der Waals surface area contributed by atoms with E-state index in [2.05, 4.69) is 25.9 Å². The molecular formula is C14H11BrFN3S. The molecule has 6 heteroatoms. The van der Waals surface area contributed by atoms with Crippen molar-refractivity contribution in [3.05, 3.63) is 57.2 Å². The first-order valence-electron chi connectivity index (χ1n) is 6.12. The number of benzene rings is 1. The minimum Gasteiger partial charge on any atom is -0.329 e. The maximum Gasteiger partial charge on any atom is 0.179 e. The van der Waals surface area contributed by atoms with Crippen molar-refractivity contribution in [1.82, 2.24) is 14.5 Å². The zero-order valence-electron chi connectivity index (χ0n) is 10.4. The molecule has 2 aromatic heterocycles. The Bertz CT molecular complexity index is 807. The smallest absolute Gasteiger partial charge is 0.179 e. The van der Waals surface area contributed by atoms with Crippen molar-refractivity contribution in [2.45, 2.75) is 13.0 Å². The number of nitrogens with zero attached hydrogens (tertiary/aromatic N) is 2. The van der Waals surface area contributed by atoms with Crippen molar-refractivity contribution in [1.29, 1.82) is 0 Å². The molecule has 3 rings (SSSR count). The minimum absolute atomic E-state index is 0.219. The quantitative estimate of drug-likeness (QED) is 0.716. The molecule has 0 aliphatic rings. The second kappa shape index (κ2) is 5.46. The number of nitrogens with one attached hydrogen (secondary N) is 1. The van der Waals surface area contributed by atoms with Crippen LogP contribution in [-0.2, 0) is 13.0 Å². The van der Waals surface area contributed by atoms with Gasteiger partial charge < -0.3 is 9.55 Å². The largest absolute Gasteiger partial charge is 0.329 e. The monoisotopic (exact) mass is 351 g/mol. The molecule has 0 amide bonds. The molecular weight excluding hydrogens is 341 g/mol. The van der Waals surface area contributed by atoms with Crippen LogP contribution < -0.4 is 0 Å². The van der Waals surface area contributed by atoms with Gasteiger partial charge in [-0.15, -0.1) is 0 Å². The molecule has 0 fully saturated rings. The molecule has 3 aromatic rings. The van der Waals surface area contributed by atoms with E-state index in [1.807, 2.05) is 10.6 Å². The van der Waals surface area contributed by atoms with Gasteiger partial charge in [0.25, 0.3) is 0 Å². The third-order valence-corrected chi connectivity index (χ3v) is 3.87. The second-order valence-electron chi connectivity index (χ2n) is 4.48. The van der Waals surface area contributed by atoms with Crippen LogP contribution in [0.25, 0.3) is 11.2 Å². The van der Waals surface area contributed by atoms with Crippen LogP contribution in [-0.4, -0.2) is 14.5 Å². The van der Waals surface area contributed by atoms with Gasteiger partial charge in [-0.1, -0.05) is 12.1 Å². The Morgan fingerprint density at radius 3 is 2.80 bits per heavy atom. The number of aromatic nitrogens is 3. The predicted molar refractivity (Wildman–Crippen MR) is 82.7 cm³/mol. The van der Waals surface area contributed by atoms with Crippen molar-refractivity contribution in [2.24, 2.45) is 0 Å². The van der Waals surface area contributed by atoms with Gasteiger partial charge in [-0.25, -0.2) is 9.37 Å². The van der Waals surface area contributed by atoms with Gasteiger partial charge in [0.2, 0.25) is 0 Å². The van der Waals surface area contributed by atoms with Crippen LogP contribution in [0.15, 0.2) is 41.0 Å². The summed E-state index contributed by atoms with van der Waals surface area (Å²) in [5.74, 6) is -0.219. The standard InChI is InChI=1S/C14H11BrFN3S/c15-10-7-12-13(17-8-10)19(14(20)18-12)6-5-9-1-3-11(16)4-2-9/h1-4,7-8H,5-6H2,(H,18,20). The van der Waals surface area contributed by atoms with E-state index in [1.54, 1.807) is 18.3 Å². The number of fused-ring (bicyclic) bond motifs is 1. The Morgan fingerprint density at radius 2 is 2.05 bits per heavy atom. The van der Waals surface area contributed by atoms with E-state index in [-0.39, 0.29) is 5.82 Å². The normalized spacial score (nSPS) is 11.1. The zero-order chi connectivity index (χ0) is 14.1. The van der Waals surface area contributed by atoms with Gasteiger partial charge in [-0.2, -0.15) is 0 Å². The zero-order valence-corrected chi connectivity index (χ0v) is 12.8. The third kappa shape index (κ3) is 2.66. The number of rotatable bonds is 3. The fourth-order valence-corrected chi connectivity index (χ4v) is 2.74. The van der Waals surface area contributed by atoms with E-state index in [1.165, 1.54) is 12.1 Å². The van der Waals surface area contributed by atoms with Crippen LogP contribution in [0.5, 0.6) is 0 Å². The van der Waals surface area contributed by atoms with E-state index in [9.17, 15) is 4.39 Å². The molecule has 102 valence electrons. The lowest BCUT2D eigenvalue weighted by molar-refractivity contribution is 0.625. The van der Waals surface area contributed by atoms with Crippen LogP contribution in [0.1, 0.15) is 5.56 Å². The summed E-state index contributed by atoms with van der Waals surface area (Å²) in [6.07, 6.45) is 2.53. The summed E-state index contributed by atoms with van der Waals surface area (Å²) >= 11 is 8.71. The van der Waals surface area contributed by atoms with Crippen molar-refractivity contribution in [3.63, 3.8) is 0 Å². The molecule has 0 radical (unpaired) electrons. The van der Waals surface area contributed by atoms with Gasteiger partial charge in [-0.05, 0) is 58.3 Å². The van der Waals surface area contributed by atoms with E-state index in [0.29, 0.717) is 11.3 Å². The fourth-order valence-electron chi connectivity index (χ4n) is 2.12. The number of aryl methyl sites for hydroxylation is 2. The first kappa shape index (κ1) is 13.5. The number of imidazole rings is 1. The molecule has 0 spiro atoms. The first-order valence-corrected chi connectivity index (χ1v) is 7.32. The van der Waals surface area contributed by atoms with Gasteiger partial charge in [0, 0.05) is 17.2 Å². The summed E-state index contributed by atoms with van der Waals surface area (Å²) in [5, 5.41) is 0. The average molecular weight is 352 g/mol. The van der Waals surface area contributed by atoms with E-state index in [4.69, 9.17) is 12.2 Å². The Kier molecular flexibility index (Phi) is 3.67. The van der Waals surface area contributed by atoms with Crippen LogP contribution in [0, 0.1) is 10.6 Å². The molecule has 1 aromatic carbocycles. The van der Waals surface area contributed by atoms with Gasteiger partial charge >= 0.3 is 0 Å². The molecule has 0 bridgehead atoms. The van der Waals surface area contributed by atoms with Gasteiger partial charge in [0.05, 0.1) is 5.52 Å². The number of hydrogen-bond acceptors (Lipinski definition) is 2. The van der Waals surface area contributed by atoms with Crippen LogP contribution >= 0.6 is 28.1 Å². The van der Waals surface area contributed by atoms with Crippen molar-refractivity contribution in [2.75, 3.05) is 0 Å². The van der Waals surface area contributed by atoms with Gasteiger partial charge in [0.15, 0.2) is 10.4 Å². The number of hydrogen-bond donors (Lipinski definition) is 1. The van der Waals surface area contributed by atoms with Crippen molar-refractivity contribution >= 4 is 39.3 Å². The molecule has 0 atom stereocenters. The molecule has 3 nitrogen and oxygen atoms in total. The summed E-state index contributed by atoms with van der Waals surface area (Å²) in [6, 6.07) is 8.47. The Morgan fingerprint density at radius 1 is 1.30 bits per heavy atom. The van der Waals surface area contributed by atoms with Crippen molar-refractivity contribution < 1.29 is 4.39 Å². The number of halogens is 2. The highest BCUT2D eigenvalue weighted by Gasteiger charge is 2.06. The molecule has 0 aliphatic carbocycles. The van der Waals surface area contributed by atoms with Crippen LogP contribution in [0.3, 0.4) is 0 Å². The number of pyridine rings is 1. The van der Waals surface area contributed by atoms with Crippen molar-refractivity contribution in [3.8, 4) is 0 Å². The lowest BCUT2D eigenvalue weighted by Crippen LogP contribution is -2.02. The molecule has 0 aliphatic heterocycles. The van der Waals surface area contributed by atoms with E-state index >= 15 is 0 Å². The summed E-state index contributed by atoms with van der Waals surface area (Å²) in [7, 11) is 0. The third-order valence-electron chi connectivity index (χ3n) is 3.11. The van der Waals surface area contributed by atoms with Gasteiger partial charge in [-0.3, -0.25) is 0 Å². The second-order valence-corrected chi connectivity index (χ2v) is 5.79. The summed E-state index contributed by atoms with van der Waals surface area (Å²) in [5.41, 5.74) is 2.81. The summed E-state index contributed by atoms with van der Waals surface area (Å²) in [6.45, 7) is 0.707. The van der Waals surface area contributed by atoms with Crippen LogP contribution in [0.4, 0.5) is 4.39 Å². The first-order chi connectivity index (χ1) is 9.63. The molecule has 0 saturated carbocycles. The highest BCUT2D eigenvalue weighted by Crippen LogP contribution is 2.17. The Labute approximate surface area is 128 Å². The molecule has 1 N–H and O–H groups in total. The lowest BCUT2D eigenvalue weighted by Gasteiger charge is -2.04. The topological polar surface area (TPSA) is 33.6 Å². The van der Waals surface area contributed by atoms with Gasteiger partial charge in [0.1, 0.15) is 5.82 Å². The number of aromatic amines is 1. The Balaban J connectivity index is 1.89. The molecule has 0 unspecified atom stereocenters. The molecule has 20 heavy (non-hydrogen) atoms. The lowest BCUT2D eigenvalue weighted by atomic mass is 10.1. The summed E-state index contributed by atoms with van der Waals surface area (Å²) < 4.78 is 16.4. The summed E-state index contributed by atoms with van der Waals surface area (Å²) in [4.78, 5) is 7.52.